The molecular weight excluding hydrogens is 270 g/mol. The molecule has 102 valence electrons. The van der Waals surface area contributed by atoms with E-state index < -0.39 is 0 Å². The average molecular weight is 285 g/mol. The molecule has 0 aromatic heterocycles. The lowest BCUT2D eigenvalue weighted by Crippen LogP contribution is -2.25. The number of benzene rings is 1. The van der Waals surface area contributed by atoms with E-state index in [0.717, 1.165) is 30.5 Å². The van der Waals surface area contributed by atoms with E-state index in [4.69, 9.17) is 0 Å². The van der Waals surface area contributed by atoms with Crippen LogP contribution in [0.15, 0.2) is 40.7 Å². The van der Waals surface area contributed by atoms with Crippen molar-refractivity contribution in [2.75, 3.05) is 29.4 Å². The predicted octanol–water partition coefficient (Wildman–Crippen LogP) is 2.51. The van der Waals surface area contributed by atoms with Crippen LogP contribution >= 0.6 is 11.8 Å². The number of thioether (sulfide) groups is 1. The van der Waals surface area contributed by atoms with E-state index in [-0.39, 0.29) is 11.8 Å². The van der Waals surface area contributed by atoms with Crippen molar-refractivity contribution in [1.82, 2.24) is 0 Å². The molecule has 5 heteroatoms. The fourth-order valence-corrected chi connectivity index (χ4v) is 4.01. The standard InChI is InChI=1S/C15H15N3OS/c1-2-10-7-14(19)18(9-10)11-3-4-13-12(8-11)17-6-5-16-15(17)20-13/h2-4,8,10H,1,5-7,9H2. The molecule has 1 aromatic rings. The Balaban J connectivity index is 1.68. The highest BCUT2D eigenvalue weighted by molar-refractivity contribution is 8.14. The van der Waals surface area contributed by atoms with Gasteiger partial charge in [-0.15, -0.1) is 6.58 Å². The summed E-state index contributed by atoms with van der Waals surface area (Å²) in [6, 6.07) is 6.27. The summed E-state index contributed by atoms with van der Waals surface area (Å²) in [4.78, 5) is 22.0. The molecule has 0 radical (unpaired) electrons. The van der Waals surface area contributed by atoms with Gasteiger partial charge in [-0.3, -0.25) is 9.79 Å². The van der Waals surface area contributed by atoms with Crippen molar-refractivity contribution in [3.8, 4) is 0 Å². The fraction of sp³-hybridized carbons (Fsp3) is 0.333. The number of amides is 1. The van der Waals surface area contributed by atoms with Gasteiger partial charge < -0.3 is 9.80 Å². The molecule has 0 N–H and O–H groups in total. The lowest BCUT2D eigenvalue weighted by molar-refractivity contribution is -0.117. The van der Waals surface area contributed by atoms with E-state index >= 15 is 0 Å². The lowest BCUT2D eigenvalue weighted by atomic mass is 10.1. The van der Waals surface area contributed by atoms with Crippen molar-refractivity contribution < 1.29 is 4.79 Å². The number of rotatable bonds is 2. The molecule has 1 aromatic carbocycles. The van der Waals surface area contributed by atoms with Gasteiger partial charge in [0.05, 0.1) is 12.2 Å². The summed E-state index contributed by atoms with van der Waals surface area (Å²) < 4.78 is 0. The molecule has 3 aliphatic rings. The van der Waals surface area contributed by atoms with E-state index in [1.807, 2.05) is 17.0 Å². The van der Waals surface area contributed by atoms with E-state index in [0.29, 0.717) is 6.42 Å². The average Bonchev–Trinajstić information content (AvgIpc) is 3.11. The van der Waals surface area contributed by atoms with Crippen LogP contribution in [0.5, 0.6) is 0 Å². The molecule has 0 aliphatic carbocycles. The van der Waals surface area contributed by atoms with Crippen LogP contribution in [0.1, 0.15) is 6.42 Å². The quantitative estimate of drug-likeness (QED) is 0.783. The second-order valence-corrected chi connectivity index (χ2v) is 6.28. The summed E-state index contributed by atoms with van der Waals surface area (Å²) in [6.07, 6.45) is 2.46. The van der Waals surface area contributed by atoms with E-state index in [9.17, 15) is 4.79 Å². The third kappa shape index (κ3) is 1.69. The van der Waals surface area contributed by atoms with Gasteiger partial charge in [0.25, 0.3) is 0 Å². The minimum absolute atomic E-state index is 0.191. The smallest absolute Gasteiger partial charge is 0.227 e. The van der Waals surface area contributed by atoms with Crippen molar-refractivity contribution in [2.45, 2.75) is 11.3 Å². The van der Waals surface area contributed by atoms with Gasteiger partial charge in [0.2, 0.25) is 5.91 Å². The highest BCUT2D eigenvalue weighted by Gasteiger charge is 2.33. The highest BCUT2D eigenvalue weighted by Crippen LogP contribution is 2.44. The maximum absolute atomic E-state index is 12.1. The molecule has 4 rings (SSSR count). The first kappa shape index (κ1) is 12.0. The van der Waals surface area contributed by atoms with Crippen LogP contribution in [0, 0.1) is 5.92 Å². The molecule has 4 nitrogen and oxygen atoms in total. The zero-order valence-corrected chi connectivity index (χ0v) is 11.9. The molecular formula is C15H15N3OS. The number of anilines is 2. The topological polar surface area (TPSA) is 35.9 Å². The summed E-state index contributed by atoms with van der Waals surface area (Å²) >= 11 is 1.72. The fourth-order valence-electron chi connectivity index (χ4n) is 2.95. The van der Waals surface area contributed by atoms with Gasteiger partial charge in [0.15, 0.2) is 5.17 Å². The van der Waals surface area contributed by atoms with Crippen LogP contribution < -0.4 is 9.80 Å². The van der Waals surface area contributed by atoms with Crippen LogP contribution in [0.4, 0.5) is 11.4 Å². The number of hydrogen-bond acceptors (Lipinski definition) is 4. The Hall–Kier alpha value is -1.75. The van der Waals surface area contributed by atoms with Crippen LogP contribution in [-0.2, 0) is 4.79 Å². The molecule has 1 amide bonds. The van der Waals surface area contributed by atoms with Gasteiger partial charge in [0, 0.05) is 36.0 Å². The Bertz CT molecular complexity index is 640. The van der Waals surface area contributed by atoms with Crippen LogP contribution in [0.3, 0.4) is 0 Å². The Morgan fingerprint density at radius 1 is 1.40 bits per heavy atom. The first-order valence-corrected chi connectivity index (χ1v) is 7.65. The molecule has 20 heavy (non-hydrogen) atoms. The normalized spacial score (nSPS) is 23.9. The van der Waals surface area contributed by atoms with Crippen molar-refractivity contribution in [1.29, 1.82) is 0 Å². The molecule has 0 spiro atoms. The summed E-state index contributed by atoms with van der Waals surface area (Å²) in [7, 11) is 0. The van der Waals surface area contributed by atoms with Gasteiger partial charge in [-0.2, -0.15) is 0 Å². The monoisotopic (exact) mass is 285 g/mol. The molecule has 1 fully saturated rings. The second-order valence-electron chi connectivity index (χ2n) is 5.27. The summed E-state index contributed by atoms with van der Waals surface area (Å²) in [5.41, 5.74) is 2.19. The predicted molar refractivity (Wildman–Crippen MR) is 82.6 cm³/mol. The number of amidine groups is 1. The van der Waals surface area contributed by atoms with Gasteiger partial charge in [-0.1, -0.05) is 6.08 Å². The van der Waals surface area contributed by atoms with Gasteiger partial charge >= 0.3 is 0 Å². The van der Waals surface area contributed by atoms with Crippen LogP contribution in [0.25, 0.3) is 0 Å². The molecule has 0 bridgehead atoms. The highest BCUT2D eigenvalue weighted by atomic mass is 32.2. The lowest BCUT2D eigenvalue weighted by Gasteiger charge is -2.19. The molecule has 3 aliphatic heterocycles. The maximum Gasteiger partial charge on any atom is 0.227 e. The minimum Gasteiger partial charge on any atom is -0.318 e. The van der Waals surface area contributed by atoms with Crippen molar-refractivity contribution in [3.63, 3.8) is 0 Å². The summed E-state index contributed by atoms with van der Waals surface area (Å²) in [5.74, 6) is 0.463. The molecule has 3 heterocycles. The molecule has 0 saturated carbocycles. The number of hydrogen-bond donors (Lipinski definition) is 0. The number of fused-ring (bicyclic) bond motifs is 3. The zero-order valence-electron chi connectivity index (χ0n) is 11.1. The summed E-state index contributed by atoms with van der Waals surface area (Å²) in [6.45, 7) is 6.36. The van der Waals surface area contributed by atoms with Crippen molar-refractivity contribution in [3.05, 3.63) is 30.9 Å². The van der Waals surface area contributed by atoms with Crippen molar-refractivity contribution in [2.24, 2.45) is 10.9 Å². The SMILES string of the molecule is C=CC1CC(=O)N(c2ccc3c(c2)N2CCN=C2S3)C1. The molecule has 1 unspecified atom stereocenters. The maximum atomic E-state index is 12.1. The third-order valence-corrected chi connectivity index (χ3v) is 5.13. The van der Waals surface area contributed by atoms with E-state index in [1.165, 1.54) is 10.6 Å². The minimum atomic E-state index is 0.191. The number of carbonyl (C=O) groups is 1. The third-order valence-electron chi connectivity index (χ3n) is 4.04. The summed E-state index contributed by atoms with van der Waals surface area (Å²) in [5, 5.41) is 1.09. The second kappa shape index (κ2) is 4.38. The largest absolute Gasteiger partial charge is 0.318 e. The first-order valence-electron chi connectivity index (χ1n) is 6.83. The first-order chi connectivity index (χ1) is 9.76. The van der Waals surface area contributed by atoms with Crippen LogP contribution in [-0.4, -0.2) is 30.7 Å². The molecule has 1 saturated heterocycles. The van der Waals surface area contributed by atoms with Gasteiger partial charge in [-0.25, -0.2) is 0 Å². The van der Waals surface area contributed by atoms with Gasteiger partial charge in [0.1, 0.15) is 0 Å². The number of carbonyl (C=O) groups excluding carboxylic acids is 1. The van der Waals surface area contributed by atoms with Crippen molar-refractivity contribution >= 4 is 34.2 Å². The van der Waals surface area contributed by atoms with Gasteiger partial charge in [-0.05, 0) is 30.0 Å². The Labute approximate surface area is 122 Å². The number of aliphatic imine (C=N–C) groups is 1. The Kier molecular flexibility index (Phi) is 2.63. The van der Waals surface area contributed by atoms with Crippen LogP contribution in [0.2, 0.25) is 0 Å². The Morgan fingerprint density at radius 2 is 2.30 bits per heavy atom. The molecule has 1 atom stereocenters. The van der Waals surface area contributed by atoms with E-state index in [2.05, 4.69) is 28.6 Å². The zero-order chi connectivity index (χ0) is 13.7. The number of nitrogens with zero attached hydrogens (tertiary/aromatic N) is 3. The Morgan fingerprint density at radius 3 is 3.10 bits per heavy atom. The van der Waals surface area contributed by atoms with E-state index in [1.54, 1.807) is 11.8 Å².